The molecular weight excluding hydrogens is 456 g/mol. The molecule has 2 amide bonds. The minimum absolute atomic E-state index is 0.0410. The van der Waals surface area contributed by atoms with E-state index in [0.29, 0.717) is 22.3 Å². The Bertz CT molecular complexity index is 1020. The molecule has 2 aromatic carbocycles. The molecule has 8 nitrogen and oxygen atoms in total. The van der Waals surface area contributed by atoms with Crippen molar-refractivity contribution in [1.82, 2.24) is 5.43 Å². The first-order valence-electron chi connectivity index (χ1n) is 9.09. The fraction of sp³-hybridized carbons (Fsp3) is 0.190. The molecule has 1 aliphatic rings. The molecule has 156 valence electrons. The molecule has 1 heterocycles. The van der Waals surface area contributed by atoms with Crippen LogP contribution in [-0.2, 0) is 14.4 Å². The number of carbonyl (C=O) groups excluding carboxylic acids is 2. The average Bonchev–Trinajstić information content (AvgIpc) is 2.99. The van der Waals surface area contributed by atoms with Gasteiger partial charge in [-0.25, -0.2) is 9.80 Å². The van der Waals surface area contributed by atoms with Gasteiger partial charge in [-0.05, 0) is 65.7 Å². The Morgan fingerprint density at radius 2 is 1.97 bits per heavy atom. The van der Waals surface area contributed by atoms with Gasteiger partial charge in [-0.3, -0.25) is 15.0 Å². The zero-order valence-corrected chi connectivity index (χ0v) is 17.8. The molecule has 1 fully saturated rings. The molecule has 0 saturated carbocycles. The summed E-state index contributed by atoms with van der Waals surface area (Å²) >= 11 is 3.35. The second-order valence-corrected chi connectivity index (χ2v) is 7.19. The lowest BCUT2D eigenvalue weighted by atomic mass is 10.1. The number of benzene rings is 2. The molecule has 2 N–H and O–H groups in total. The van der Waals surface area contributed by atoms with E-state index in [1.165, 1.54) is 18.0 Å². The zero-order valence-electron chi connectivity index (χ0n) is 16.2. The number of carbonyl (C=O) groups is 3. The Labute approximate surface area is 181 Å². The molecule has 2 aromatic rings. The molecule has 30 heavy (non-hydrogen) atoms. The molecule has 0 aromatic heterocycles. The third-order valence-electron chi connectivity index (χ3n) is 4.19. The van der Waals surface area contributed by atoms with Crippen molar-refractivity contribution in [2.24, 2.45) is 0 Å². The van der Waals surface area contributed by atoms with Crippen LogP contribution >= 0.6 is 15.9 Å². The van der Waals surface area contributed by atoms with Crippen molar-refractivity contribution >= 4 is 45.5 Å². The standard InChI is InChI=1S/C21H19BrN2O6/c1-3-29-17-11-13(10-16(22)18(17)30-12(2)21(27)28)9-15-19(25)23-24(20(15)26)14-7-5-4-6-8-14/h4-12H,3H2,1-2H3,(H,23,25)(H,27,28)/b15-9-/t12-/m0/s1. The zero-order chi connectivity index (χ0) is 21.8. The van der Waals surface area contributed by atoms with Crippen LogP contribution in [0.5, 0.6) is 11.5 Å². The fourth-order valence-electron chi connectivity index (χ4n) is 2.76. The number of rotatable bonds is 7. The highest BCUT2D eigenvalue weighted by molar-refractivity contribution is 9.10. The second-order valence-electron chi connectivity index (χ2n) is 6.34. The van der Waals surface area contributed by atoms with Crippen LogP contribution in [0.3, 0.4) is 0 Å². The number of hydrogen-bond acceptors (Lipinski definition) is 5. The largest absolute Gasteiger partial charge is 0.490 e. The highest BCUT2D eigenvalue weighted by atomic mass is 79.9. The molecule has 0 radical (unpaired) electrons. The first-order valence-corrected chi connectivity index (χ1v) is 9.89. The van der Waals surface area contributed by atoms with Crippen LogP contribution in [-0.4, -0.2) is 35.6 Å². The topological polar surface area (TPSA) is 105 Å². The average molecular weight is 475 g/mol. The molecule has 0 bridgehead atoms. The number of halogens is 1. The molecule has 9 heteroatoms. The summed E-state index contributed by atoms with van der Waals surface area (Å²) < 4.78 is 11.5. The van der Waals surface area contributed by atoms with E-state index in [4.69, 9.17) is 14.6 Å². The van der Waals surface area contributed by atoms with Crippen molar-refractivity contribution in [1.29, 1.82) is 0 Å². The number of hydrazine groups is 1. The van der Waals surface area contributed by atoms with E-state index in [1.807, 2.05) is 6.07 Å². The Morgan fingerprint density at radius 1 is 1.27 bits per heavy atom. The van der Waals surface area contributed by atoms with Crippen molar-refractivity contribution in [3.63, 3.8) is 0 Å². The monoisotopic (exact) mass is 474 g/mol. The molecule has 1 saturated heterocycles. The summed E-state index contributed by atoms with van der Waals surface area (Å²) in [6.45, 7) is 3.49. The van der Waals surface area contributed by atoms with Crippen LogP contribution in [0.25, 0.3) is 6.08 Å². The molecule has 0 spiro atoms. The number of nitrogens with one attached hydrogen (secondary N) is 1. The maximum atomic E-state index is 12.7. The van der Waals surface area contributed by atoms with Gasteiger partial charge in [0.1, 0.15) is 5.57 Å². The van der Waals surface area contributed by atoms with Gasteiger partial charge < -0.3 is 14.6 Å². The summed E-state index contributed by atoms with van der Waals surface area (Å²) in [6, 6.07) is 11.9. The summed E-state index contributed by atoms with van der Waals surface area (Å²) in [5.41, 5.74) is 3.55. The third-order valence-corrected chi connectivity index (χ3v) is 4.78. The minimum Gasteiger partial charge on any atom is -0.490 e. The number of anilines is 1. The number of ether oxygens (including phenoxy) is 2. The summed E-state index contributed by atoms with van der Waals surface area (Å²) in [4.78, 5) is 36.2. The van der Waals surface area contributed by atoms with E-state index in [9.17, 15) is 14.4 Å². The van der Waals surface area contributed by atoms with Gasteiger partial charge >= 0.3 is 5.97 Å². The predicted molar refractivity (Wildman–Crippen MR) is 113 cm³/mol. The number of aliphatic carboxylic acids is 1. The van der Waals surface area contributed by atoms with Gasteiger partial charge in [0.25, 0.3) is 11.8 Å². The fourth-order valence-corrected chi connectivity index (χ4v) is 3.31. The van der Waals surface area contributed by atoms with Crippen LogP contribution in [0.15, 0.2) is 52.5 Å². The number of hydrogen-bond donors (Lipinski definition) is 2. The van der Waals surface area contributed by atoms with Gasteiger partial charge in [0.2, 0.25) is 0 Å². The maximum absolute atomic E-state index is 12.7. The van der Waals surface area contributed by atoms with Crippen molar-refractivity contribution < 1.29 is 29.0 Å². The molecule has 1 atom stereocenters. The Balaban J connectivity index is 1.95. The maximum Gasteiger partial charge on any atom is 0.344 e. The number of carboxylic acids is 1. The normalized spacial score (nSPS) is 15.8. The molecular formula is C21H19BrN2O6. The molecule has 3 rings (SSSR count). The van der Waals surface area contributed by atoms with Crippen LogP contribution in [0.2, 0.25) is 0 Å². The number of para-hydroxylation sites is 1. The first-order chi connectivity index (χ1) is 14.3. The van der Waals surface area contributed by atoms with Gasteiger partial charge in [0.05, 0.1) is 16.8 Å². The smallest absolute Gasteiger partial charge is 0.344 e. The van der Waals surface area contributed by atoms with Gasteiger partial charge in [-0.15, -0.1) is 0 Å². The molecule has 1 aliphatic heterocycles. The van der Waals surface area contributed by atoms with Crippen LogP contribution in [0.1, 0.15) is 19.4 Å². The SMILES string of the molecule is CCOc1cc(/C=C2/C(=O)NN(c3ccccc3)C2=O)cc(Br)c1O[C@@H](C)C(=O)O. The van der Waals surface area contributed by atoms with Gasteiger partial charge in [-0.1, -0.05) is 18.2 Å². The van der Waals surface area contributed by atoms with E-state index < -0.39 is 23.9 Å². The lowest BCUT2D eigenvalue weighted by molar-refractivity contribution is -0.144. The summed E-state index contributed by atoms with van der Waals surface area (Å²) in [7, 11) is 0. The lowest BCUT2D eigenvalue weighted by Crippen LogP contribution is -2.35. The summed E-state index contributed by atoms with van der Waals surface area (Å²) in [6.07, 6.45) is 0.351. The second kappa shape index (κ2) is 9.00. The Hall–Kier alpha value is -3.33. The van der Waals surface area contributed by atoms with E-state index in [2.05, 4.69) is 21.4 Å². The van der Waals surface area contributed by atoms with Crippen molar-refractivity contribution in [2.75, 3.05) is 11.6 Å². The first kappa shape index (κ1) is 21.4. The summed E-state index contributed by atoms with van der Waals surface area (Å²) in [5.74, 6) is -1.62. The minimum atomic E-state index is -1.12. The number of carboxylic acid groups (broad SMARTS) is 1. The van der Waals surface area contributed by atoms with Gasteiger partial charge in [0, 0.05) is 0 Å². The molecule has 0 unspecified atom stereocenters. The highest BCUT2D eigenvalue weighted by Crippen LogP contribution is 2.38. The molecule has 0 aliphatic carbocycles. The third kappa shape index (κ3) is 4.46. The number of amides is 2. The van der Waals surface area contributed by atoms with E-state index >= 15 is 0 Å². The van der Waals surface area contributed by atoms with E-state index in [-0.39, 0.29) is 17.1 Å². The lowest BCUT2D eigenvalue weighted by Gasteiger charge is -2.17. The quantitative estimate of drug-likeness (QED) is 0.471. The van der Waals surface area contributed by atoms with Crippen LogP contribution in [0.4, 0.5) is 5.69 Å². The van der Waals surface area contributed by atoms with Crippen LogP contribution < -0.4 is 19.9 Å². The predicted octanol–water partition coefficient (Wildman–Crippen LogP) is 3.16. The van der Waals surface area contributed by atoms with Crippen molar-refractivity contribution in [2.45, 2.75) is 20.0 Å². The number of nitrogens with zero attached hydrogens (tertiary/aromatic N) is 1. The summed E-state index contributed by atoms with van der Waals surface area (Å²) in [5, 5.41) is 10.3. The Kier molecular flexibility index (Phi) is 6.41. The van der Waals surface area contributed by atoms with Crippen LogP contribution in [0, 0.1) is 0 Å². The van der Waals surface area contributed by atoms with E-state index in [1.54, 1.807) is 43.3 Å². The van der Waals surface area contributed by atoms with Gasteiger partial charge in [-0.2, -0.15) is 0 Å². The highest BCUT2D eigenvalue weighted by Gasteiger charge is 2.34. The Morgan fingerprint density at radius 3 is 2.60 bits per heavy atom. The van der Waals surface area contributed by atoms with Gasteiger partial charge in [0.15, 0.2) is 17.6 Å². The van der Waals surface area contributed by atoms with Crippen molar-refractivity contribution in [3.05, 3.63) is 58.1 Å². The van der Waals surface area contributed by atoms with Crippen molar-refractivity contribution in [3.8, 4) is 11.5 Å². The van der Waals surface area contributed by atoms with E-state index in [0.717, 1.165) is 0 Å².